The number of hydrogen-bond donors (Lipinski definition) is 0. The van der Waals surface area contributed by atoms with Crippen LogP contribution in [0, 0.1) is 28.6 Å². The SMILES string of the molecule is CC(=O)O[C@@]1(C)CC[C@H]2[C@@H]3C[C@H](C)C4=CC(=O)CC[C@]4(C)[C@@]3(F)C(=O)C[C@@]21C. The summed E-state index contributed by atoms with van der Waals surface area (Å²) in [5.41, 5.74) is -3.35. The highest BCUT2D eigenvalue weighted by Gasteiger charge is 2.74. The van der Waals surface area contributed by atoms with Gasteiger partial charge in [0.2, 0.25) is 0 Å². The molecule has 0 N–H and O–H groups in total. The molecular weight excluding hydrogens is 359 g/mol. The summed E-state index contributed by atoms with van der Waals surface area (Å²) in [6, 6.07) is 0. The summed E-state index contributed by atoms with van der Waals surface area (Å²) in [5.74, 6) is -1.03. The quantitative estimate of drug-likeness (QED) is 0.624. The van der Waals surface area contributed by atoms with Crippen LogP contribution in [0.5, 0.6) is 0 Å². The second-order valence-electron chi connectivity index (χ2n) is 10.3. The van der Waals surface area contributed by atoms with Crippen molar-refractivity contribution in [3.63, 3.8) is 0 Å². The van der Waals surface area contributed by atoms with Gasteiger partial charge in [0.1, 0.15) is 5.60 Å². The van der Waals surface area contributed by atoms with Crippen molar-refractivity contribution in [2.75, 3.05) is 0 Å². The molecule has 154 valence electrons. The van der Waals surface area contributed by atoms with Gasteiger partial charge in [-0.1, -0.05) is 26.3 Å². The van der Waals surface area contributed by atoms with E-state index in [-0.39, 0.29) is 35.8 Å². The first-order valence-corrected chi connectivity index (χ1v) is 10.6. The Kier molecular flexibility index (Phi) is 4.07. The van der Waals surface area contributed by atoms with Crippen molar-refractivity contribution < 1.29 is 23.5 Å². The van der Waals surface area contributed by atoms with Crippen molar-refractivity contribution in [2.24, 2.45) is 28.6 Å². The molecule has 0 heterocycles. The molecule has 4 nitrogen and oxygen atoms in total. The third-order valence-corrected chi connectivity index (χ3v) is 9.02. The molecule has 4 aliphatic carbocycles. The predicted octanol–water partition coefficient (Wildman–Crippen LogP) is 4.36. The second-order valence-corrected chi connectivity index (χ2v) is 10.3. The standard InChI is InChI=1S/C23H31FO4/c1-13-10-18-16-7-9-22(5,28-14(2)25)21(16,4)12-19(27)23(18,24)20(3)8-6-15(26)11-17(13)20/h11,13,16,18H,6-10,12H2,1-5H3/t13-,16-,18-,20-,21-,22-,23-/m0/s1. The molecule has 0 spiro atoms. The summed E-state index contributed by atoms with van der Waals surface area (Å²) in [6.45, 7) is 9.22. The van der Waals surface area contributed by atoms with Crippen LogP contribution in [0.15, 0.2) is 11.6 Å². The van der Waals surface area contributed by atoms with E-state index in [1.807, 2.05) is 20.8 Å². The number of hydrogen-bond acceptors (Lipinski definition) is 4. The Labute approximate surface area is 166 Å². The van der Waals surface area contributed by atoms with Gasteiger partial charge in [0, 0.05) is 36.5 Å². The van der Waals surface area contributed by atoms with Gasteiger partial charge in [-0.3, -0.25) is 14.4 Å². The van der Waals surface area contributed by atoms with Gasteiger partial charge < -0.3 is 4.74 Å². The van der Waals surface area contributed by atoms with Crippen LogP contribution in [-0.4, -0.2) is 28.8 Å². The number of ketones is 2. The highest BCUT2D eigenvalue weighted by Crippen LogP contribution is 2.70. The first-order chi connectivity index (χ1) is 12.9. The summed E-state index contributed by atoms with van der Waals surface area (Å²) in [4.78, 5) is 37.3. The van der Waals surface area contributed by atoms with Gasteiger partial charge in [0.15, 0.2) is 17.2 Å². The zero-order valence-electron chi connectivity index (χ0n) is 17.6. The zero-order chi connectivity index (χ0) is 20.7. The number of ether oxygens (including phenoxy) is 1. The predicted molar refractivity (Wildman–Crippen MR) is 102 cm³/mol. The average molecular weight is 390 g/mol. The van der Waals surface area contributed by atoms with E-state index in [0.29, 0.717) is 25.7 Å². The molecule has 0 radical (unpaired) electrons. The smallest absolute Gasteiger partial charge is 0.303 e. The van der Waals surface area contributed by atoms with Crippen LogP contribution in [0.2, 0.25) is 0 Å². The highest BCUT2D eigenvalue weighted by molar-refractivity contribution is 5.95. The molecule has 0 unspecified atom stereocenters. The number of esters is 1. The van der Waals surface area contributed by atoms with Crippen molar-refractivity contribution in [1.82, 2.24) is 0 Å². The van der Waals surface area contributed by atoms with Gasteiger partial charge in [-0.15, -0.1) is 0 Å². The van der Waals surface area contributed by atoms with E-state index < -0.39 is 28.0 Å². The molecule has 28 heavy (non-hydrogen) atoms. The largest absolute Gasteiger partial charge is 0.459 e. The normalized spacial score (nSPS) is 50.4. The Morgan fingerprint density at radius 1 is 1.18 bits per heavy atom. The molecule has 0 aromatic rings. The number of alkyl halides is 1. The summed E-state index contributed by atoms with van der Waals surface area (Å²) in [7, 11) is 0. The van der Waals surface area contributed by atoms with Crippen molar-refractivity contribution >= 4 is 17.5 Å². The van der Waals surface area contributed by atoms with Crippen LogP contribution in [0.25, 0.3) is 0 Å². The van der Waals surface area contributed by atoms with Gasteiger partial charge in [0.05, 0.1) is 0 Å². The Morgan fingerprint density at radius 2 is 1.86 bits per heavy atom. The Balaban J connectivity index is 1.82. The van der Waals surface area contributed by atoms with E-state index in [4.69, 9.17) is 4.74 Å². The van der Waals surface area contributed by atoms with Crippen LogP contribution in [-0.2, 0) is 19.1 Å². The topological polar surface area (TPSA) is 60.4 Å². The van der Waals surface area contributed by atoms with E-state index in [9.17, 15) is 14.4 Å². The number of carbonyl (C=O) groups excluding carboxylic acids is 3. The van der Waals surface area contributed by atoms with E-state index in [0.717, 1.165) is 12.0 Å². The Morgan fingerprint density at radius 3 is 2.50 bits per heavy atom. The molecule has 4 aliphatic rings. The molecule has 0 saturated heterocycles. The fourth-order valence-corrected chi connectivity index (χ4v) is 7.37. The molecule has 4 rings (SSSR count). The number of fused-ring (bicyclic) bond motifs is 5. The number of allylic oxidation sites excluding steroid dienone is 1. The average Bonchev–Trinajstić information content (AvgIpc) is 2.83. The minimum Gasteiger partial charge on any atom is -0.459 e. The Hall–Kier alpha value is -1.52. The lowest BCUT2D eigenvalue weighted by molar-refractivity contribution is -0.197. The maximum atomic E-state index is 16.9. The van der Waals surface area contributed by atoms with Crippen molar-refractivity contribution in [3.05, 3.63) is 11.6 Å². The van der Waals surface area contributed by atoms with E-state index in [1.165, 1.54) is 6.92 Å². The fraction of sp³-hybridized carbons (Fsp3) is 0.783. The minimum atomic E-state index is -1.95. The summed E-state index contributed by atoms with van der Waals surface area (Å²) in [5, 5.41) is 0. The maximum absolute atomic E-state index is 16.9. The molecule has 0 amide bonds. The molecule has 5 heteroatoms. The van der Waals surface area contributed by atoms with Crippen LogP contribution in [0.4, 0.5) is 4.39 Å². The summed E-state index contributed by atoms with van der Waals surface area (Å²) in [6.07, 6.45) is 4.36. The van der Waals surface area contributed by atoms with E-state index in [1.54, 1.807) is 6.08 Å². The van der Waals surface area contributed by atoms with Crippen LogP contribution < -0.4 is 0 Å². The van der Waals surface area contributed by atoms with Crippen LogP contribution in [0.3, 0.4) is 0 Å². The first kappa shape index (κ1) is 19.8. The Bertz CT molecular complexity index is 802. The molecular formula is C23H31FO4. The summed E-state index contributed by atoms with van der Waals surface area (Å²) < 4.78 is 22.7. The lowest BCUT2D eigenvalue weighted by atomic mass is 9.43. The third-order valence-electron chi connectivity index (χ3n) is 9.02. The molecule has 3 fully saturated rings. The van der Waals surface area contributed by atoms with Gasteiger partial charge in [-0.05, 0) is 50.5 Å². The lowest BCUT2D eigenvalue weighted by Crippen LogP contribution is -2.68. The number of rotatable bonds is 1. The molecule has 0 aromatic carbocycles. The fourth-order valence-electron chi connectivity index (χ4n) is 7.37. The van der Waals surface area contributed by atoms with E-state index in [2.05, 4.69) is 6.92 Å². The van der Waals surface area contributed by atoms with Gasteiger partial charge in [0.25, 0.3) is 0 Å². The van der Waals surface area contributed by atoms with Gasteiger partial charge >= 0.3 is 5.97 Å². The van der Waals surface area contributed by atoms with Gasteiger partial charge in [-0.25, -0.2) is 4.39 Å². The van der Waals surface area contributed by atoms with Crippen molar-refractivity contribution in [1.29, 1.82) is 0 Å². The lowest BCUT2D eigenvalue weighted by Gasteiger charge is -2.62. The minimum absolute atomic E-state index is 0.0157. The maximum Gasteiger partial charge on any atom is 0.303 e. The number of carbonyl (C=O) groups is 3. The summed E-state index contributed by atoms with van der Waals surface area (Å²) >= 11 is 0. The second kappa shape index (κ2) is 5.76. The molecule has 0 aromatic heterocycles. The first-order valence-electron chi connectivity index (χ1n) is 10.6. The molecule has 0 bridgehead atoms. The third kappa shape index (κ3) is 2.19. The van der Waals surface area contributed by atoms with Crippen LogP contribution >= 0.6 is 0 Å². The molecule has 0 aliphatic heterocycles. The van der Waals surface area contributed by atoms with Gasteiger partial charge in [-0.2, -0.15) is 0 Å². The highest BCUT2D eigenvalue weighted by atomic mass is 19.1. The monoisotopic (exact) mass is 390 g/mol. The molecule has 7 atom stereocenters. The van der Waals surface area contributed by atoms with E-state index >= 15 is 4.39 Å². The van der Waals surface area contributed by atoms with Crippen molar-refractivity contribution in [3.8, 4) is 0 Å². The number of halogens is 1. The zero-order valence-corrected chi connectivity index (χ0v) is 17.6. The van der Waals surface area contributed by atoms with Crippen molar-refractivity contribution in [2.45, 2.75) is 84.4 Å². The molecule has 3 saturated carbocycles. The van der Waals surface area contributed by atoms with Crippen LogP contribution in [0.1, 0.15) is 73.1 Å². The number of Topliss-reactive ketones (excluding diaryl/α,β-unsaturated/α-hetero) is 1.